The van der Waals surface area contributed by atoms with Gasteiger partial charge in [-0.3, -0.25) is 15.0 Å². The molecular formula is C14H13N5O2. The van der Waals surface area contributed by atoms with Gasteiger partial charge in [-0.2, -0.15) is 5.10 Å². The highest BCUT2D eigenvalue weighted by atomic mass is 16.2. The first-order chi connectivity index (χ1) is 10.2. The summed E-state index contributed by atoms with van der Waals surface area (Å²) in [5, 5.41) is 4.01. The van der Waals surface area contributed by atoms with Crippen LogP contribution in [0.15, 0.2) is 53.7 Å². The first kappa shape index (κ1) is 13.1. The highest BCUT2D eigenvalue weighted by molar-refractivity contribution is 5.93. The quantitative estimate of drug-likeness (QED) is 0.406. The van der Waals surface area contributed by atoms with Crippen LogP contribution in [0, 0.1) is 0 Å². The minimum absolute atomic E-state index is 0.135. The Morgan fingerprint density at radius 2 is 2.14 bits per heavy atom. The van der Waals surface area contributed by atoms with Gasteiger partial charge >= 0.3 is 0 Å². The van der Waals surface area contributed by atoms with E-state index >= 15 is 0 Å². The van der Waals surface area contributed by atoms with E-state index in [4.69, 9.17) is 5.84 Å². The van der Waals surface area contributed by atoms with Crippen LogP contribution in [0.25, 0.3) is 5.52 Å². The molecule has 0 bridgehead atoms. The molecule has 7 nitrogen and oxygen atoms in total. The summed E-state index contributed by atoms with van der Waals surface area (Å²) in [4.78, 5) is 23.8. The Bertz CT molecular complexity index is 865. The third kappa shape index (κ3) is 2.41. The van der Waals surface area contributed by atoms with Crippen molar-refractivity contribution in [1.82, 2.24) is 19.6 Å². The molecule has 0 aliphatic rings. The summed E-state index contributed by atoms with van der Waals surface area (Å²) in [7, 11) is 0. The van der Waals surface area contributed by atoms with E-state index in [-0.39, 0.29) is 11.5 Å². The second kappa shape index (κ2) is 5.22. The lowest BCUT2D eigenvalue weighted by molar-refractivity contribution is 0.0953. The van der Waals surface area contributed by atoms with Crippen LogP contribution in [-0.2, 0) is 6.54 Å². The molecule has 0 aliphatic heterocycles. The lowest BCUT2D eigenvalue weighted by Crippen LogP contribution is -2.30. The standard InChI is InChI=1S/C14H13N5O2/c15-17-13(20)11-3-1-2-10(8-11)9-18-6-7-19-12(14(18)21)4-5-16-19/h1-8H,9,15H2,(H,17,20). The molecule has 2 heterocycles. The number of carbonyl (C=O) groups is 1. The van der Waals surface area contributed by atoms with Crippen LogP contribution in [0.2, 0.25) is 0 Å². The molecule has 21 heavy (non-hydrogen) atoms. The molecule has 1 amide bonds. The van der Waals surface area contributed by atoms with Crippen molar-refractivity contribution in [3.63, 3.8) is 0 Å². The predicted molar refractivity (Wildman–Crippen MR) is 76.6 cm³/mol. The molecular weight excluding hydrogens is 270 g/mol. The predicted octanol–water partition coefficient (Wildman–Crippen LogP) is 0.148. The number of amides is 1. The first-order valence-electron chi connectivity index (χ1n) is 6.32. The lowest BCUT2D eigenvalue weighted by Gasteiger charge is -2.07. The van der Waals surface area contributed by atoms with E-state index in [0.29, 0.717) is 17.6 Å². The molecule has 0 atom stereocenters. The van der Waals surface area contributed by atoms with Crippen molar-refractivity contribution in [3.8, 4) is 0 Å². The molecule has 106 valence electrons. The third-order valence-corrected chi connectivity index (χ3v) is 3.21. The summed E-state index contributed by atoms with van der Waals surface area (Å²) in [5.41, 5.74) is 3.75. The highest BCUT2D eigenvalue weighted by Crippen LogP contribution is 2.07. The van der Waals surface area contributed by atoms with E-state index in [1.165, 1.54) is 4.52 Å². The minimum Gasteiger partial charge on any atom is -0.308 e. The zero-order chi connectivity index (χ0) is 14.8. The largest absolute Gasteiger partial charge is 0.308 e. The number of hydrazine groups is 1. The third-order valence-electron chi connectivity index (χ3n) is 3.21. The van der Waals surface area contributed by atoms with Crippen LogP contribution in [0.5, 0.6) is 0 Å². The minimum atomic E-state index is -0.365. The molecule has 0 radical (unpaired) electrons. The van der Waals surface area contributed by atoms with Gasteiger partial charge in [0.2, 0.25) is 0 Å². The van der Waals surface area contributed by atoms with E-state index in [9.17, 15) is 9.59 Å². The molecule has 7 heteroatoms. The molecule has 0 unspecified atom stereocenters. The number of rotatable bonds is 3. The Hall–Kier alpha value is -2.93. The lowest BCUT2D eigenvalue weighted by atomic mass is 10.1. The smallest absolute Gasteiger partial charge is 0.276 e. The number of fused-ring (bicyclic) bond motifs is 1. The Morgan fingerprint density at radius 1 is 1.29 bits per heavy atom. The molecule has 0 fully saturated rings. The van der Waals surface area contributed by atoms with Crippen LogP contribution in [0.3, 0.4) is 0 Å². The van der Waals surface area contributed by atoms with Gasteiger partial charge in [0.05, 0.1) is 12.7 Å². The molecule has 3 aromatic rings. The summed E-state index contributed by atoms with van der Waals surface area (Å²) in [6.07, 6.45) is 4.96. The maximum absolute atomic E-state index is 12.3. The molecule has 1 aromatic carbocycles. The average molecular weight is 283 g/mol. The molecule has 3 rings (SSSR count). The summed E-state index contributed by atoms with van der Waals surface area (Å²) < 4.78 is 3.09. The van der Waals surface area contributed by atoms with Crippen LogP contribution in [-0.4, -0.2) is 20.1 Å². The summed E-state index contributed by atoms with van der Waals surface area (Å²) >= 11 is 0. The van der Waals surface area contributed by atoms with Gasteiger partial charge in [0, 0.05) is 18.0 Å². The average Bonchev–Trinajstić information content (AvgIpc) is 2.99. The van der Waals surface area contributed by atoms with Gasteiger partial charge < -0.3 is 4.57 Å². The Labute approximate surface area is 119 Å². The van der Waals surface area contributed by atoms with Gasteiger partial charge in [-0.25, -0.2) is 10.4 Å². The SMILES string of the molecule is NNC(=O)c1cccc(Cn2ccn3nccc3c2=O)c1. The van der Waals surface area contributed by atoms with Crippen LogP contribution in [0.1, 0.15) is 15.9 Å². The number of nitrogens with two attached hydrogens (primary N) is 1. The monoisotopic (exact) mass is 283 g/mol. The number of nitrogens with one attached hydrogen (secondary N) is 1. The number of aromatic nitrogens is 3. The van der Waals surface area contributed by atoms with Gasteiger partial charge in [0.25, 0.3) is 11.5 Å². The number of hydrogen-bond donors (Lipinski definition) is 2. The highest BCUT2D eigenvalue weighted by Gasteiger charge is 2.07. The summed E-state index contributed by atoms with van der Waals surface area (Å²) in [6, 6.07) is 8.63. The number of nitrogens with zero attached hydrogens (tertiary/aromatic N) is 3. The van der Waals surface area contributed by atoms with Crippen molar-refractivity contribution in [1.29, 1.82) is 0 Å². The van der Waals surface area contributed by atoms with Gasteiger partial charge in [-0.05, 0) is 23.8 Å². The molecule has 0 aliphatic carbocycles. The fourth-order valence-corrected chi connectivity index (χ4v) is 2.18. The second-order valence-electron chi connectivity index (χ2n) is 4.57. The normalized spacial score (nSPS) is 10.7. The van der Waals surface area contributed by atoms with Crippen LogP contribution < -0.4 is 16.8 Å². The van der Waals surface area contributed by atoms with Crippen molar-refractivity contribution in [2.24, 2.45) is 5.84 Å². The van der Waals surface area contributed by atoms with E-state index in [0.717, 1.165) is 5.56 Å². The van der Waals surface area contributed by atoms with Gasteiger partial charge in [-0.15, -0.1) is 0 Å². The van der Waals surface area contributed by atoms with E-state index < -0.39 is 0 Å². The number of benzene rings is 1. The fraction of sp³-hybridized carbons (Fsp3) is 0.0714. The molecule has 0 saturated heterocycles. The zero-order valence-electron chi connectivity index (χ0n) is 11.1. The zero-order valence-corrected chi connectivity index (χ0v) is 11.1. The first-order valence-corrected chi connectivity index (χ1v) is 6.32. The van der Waals surface area contributed by atoms with E-state index in [2.05, 4.69) is 10.5 Å². The van der Waals surface area contributed by atoms with Gasteiger partial charge in [0.1, 0.15) is 5.52 Å². The second-order valence-corrected chi connectivity index (χ2v) is 4.57. The van der Waals surface area contributed by atoms with Gasteiger partial charge in [0.15, 0.2) is 0 Å². The van der Waals surface area contributed by atoms with E-state index in [1.54, 1.807) is 47.4 Å². The Balaban J connectivity index is 1.97. The van der Waals surface area contributed by atoms with Gasteiger partial charge in [-0.1, -0.05) is 12.1 Å². The van der Waals surface area contributed by atoms with E-state index in [1.807, 2.05) is 6.07 Å². The molecule has 2 aromatic heterocycles. The van der Waals surface area contributed by atoms with Crippen molar-refractivity contribution in [2.45, 2.75) is 6.54 Å². The molecule has 0 saturated carbocycles. The Morgan fingerprint density at radius 3 is 2.95 bits per heavy atom. The van der Waals surface area contributed by atoms with Crippen molar-refractivity contribution < 1.29 is 4.79 Å². The molecule has 0 spiro atoms. The summed E-state index contributed by atoms with van der Waals surface area (Å²) in [5.74, 6) is 4.75. The van der Waals surface area contributed by atoms with Crippen molar-refractivity contribution >= 4 is 11.4 Å². The topological polar surface area (TPSA) is 94.4 Å². The number of carbonyl (C=O) groups excluding carboxylic acids is 1. The maximum Gasteiger partial charge on any atom is 0.276 e. The number of hydrogen-bond acceptors (Lipinski definition) is 4. The van der Waals surface area contributed by atoms with Crippen molar-refractivity contribution in [3.05, 3.63) is 70.4 Å². The fourth-order valence-electron chi connectivity index (χ4n) is 2.18. The maximum atomic E-state index is 12.3. The van der Waals surface area contributed by atoms with Crippen LogP contribution >= 0.6 is 0 Å². The molecule has 3 N–H and O–H groups in total. The summed E-state index contributed by atoms with van der Waals surface area (Å²) in [6.45, 7) is 0.367. The Kier molecular flexibility index (Phi) is 3.25. The number of nitrogen functional groups attached to an aromatic ring is 1. The van der Waals surface area contributed by atoms with Crippen LogP contribution in [0.4, 0.5) is 0 Å². The van der Waals surface area contributed by atoms with Crippen molar-refractivity contribution in [2.75, 3.05) is 0 Å².